The van der Waals surface area contributed by atoms with Gasteiger partial charge in [-0.15, -0.1) is 0 Å². The molecule has 0 fully saturated rings. The zero-order valence-electron chi connectivity index (χ0n) is 18.8. The van der Waals surface area contributed by atoms with E-state index < -0.39 is 17.6 Å². The van der Waals surface area contributed by atoms with Gasteiger partial charge in [-0.3, -0.25) is 4.79 Å². The van der Waals surface area contributed by atoms with Gasteiger partial charge in [0.2, 0.25) is 0 Å². The number of halogens is 3. The summed E-state index contributed by atoms with van der Waals surface area (Å²) in [6.07, 6.45) is 0.195. The van der Waals surface area contributed by atoms with Crippen LogP contribution in [-0.4, -0.2) is 39.2 Å². The average Bonchev–Trinajstić information content (AvgIpc) is 2.84. The van der Waals surface area contributed by atoms with E-state index in [9.17, 15) is 18.0 Å². The van der Waals surface area contributed by atoms with E-state index in [0.717, 1.165) is 24.8 Å². The van der Waals surface area contributed by atoms with E-state index in [-0.39, 0.29) is 17.0 Å². The number of fused-ring (bicyclic) bond motifs is 1. The van der Waals surface area contributed by atoms with Crippen LogP contribution in [0.2, 0.25) is 0 Å². The highest BCUT2D eigenvalue weighted by atomic mass is 32.2. The molecule has 0 bridgehead atoms. The number of benzene rings is 2. The molecule has 2 N–H and O–H groups in total. The molecule has 180 valence electrons. The molecule has 0 aliphatic carbocycles. The third kappa shape index (κ3) is 5.27. The van der Waals surface area contributed by atoms with Crippen molar-refractivity contribution in [1.29, 1.82) is 0 Å². The normalized spacial score (nSPS) is 11.4. The van der Waals surface area contributed by atoms with E-state index in [1.54, 1.807) is 24.4 Å². The lowest BCUT2D eigenvalue weighted by Crippen LogP contribution is -2.14. The minimum Gasteiger partial charge on any atom is -0.496 e. The maximum atomic E-state index is 13.3. The highest BCUT2D eigenvalue weighted by Gasteiger charge is 2.34. The van der Waals surface area contributed by atoms with Crippen molar-refractivity contribution in [3.8, 4) is 5.75 Å². The van der Waals surface area contributed by atoms with Crippen molar-refractivity contribution in [3.05, 3.63) is 65.6 Å². The number of alkyl halides is 3. The van der Waals surface area contributed by atoms with Crippen LogP contribution in [0.4, 0.5) is 30.4 Å². The molecular weight excluding hydrogens is 481 g/mol. The number of nitrogens with one attached hydrogen (secondary N) is 2. The molecule has 35 heavy (non-hydrogen) atoms. The number of hydrogen-bond donors (Lipinski definition) is 2. The summed E-state index contributed by atoms with van der Waals surface area (Å²) in [6, 6.07) is 8.22. The van der Waals surface area contributed by atoms with Gasteiger partial charge in [0.05, 0.1) is 18.9 Å². The number of aromatic nitrogens is 4. The molecule has 4 aromatic rings. The maximum absolute atomic E-state index is 13.3. The Kier molecular flexibility index (Phi) is 6.74. The van der Waals surface area contributed by atoms with Crippen molar-refractivity contribution in [3.63, 3.8) is 0 Å². The molecule has 2 heterocycles. The molecule has 1 amide bonds. The summed E-state index contributed by atoms with van der Waals surface area (Å²) in [6.45, 7) is 1.84. The summed E-state index contributed by atoms with van der Waals surface area (Å²) >= 11 is 1.38. The van der Waals surface area contributed by atoms with Crippen molar-refractivity contribution in [1.82, 2.24) is 19.9 Å². The number of amides is 1. The Morgan fingerprint density at radius 2 is 1.89 bits per heavy atom. The molecule has 2 aromatic heterocycles. The molecule has 0 spiro atoms. The van der Waals surface area contributed by atoms with E-state index >= 15 is 0 Å². The third-order valence-electron chi connectivity index (χ3n) is 5.05. The Bertz CT molecular complexity index is 1410. The fourth-order valence-corrected chi connectivity index (χ4v) is 3.60. The average molecular weight is 501 g/mol. The second-order valence-corrected chi connectivity index (χ2v) is 8.11. The molecule has 0 radical (unpaired) electrons. The summed E-state index contributed by atoms with van der Waals surface area (Å²) < 4.78 is 44.7. The van der Waals surface area contributed by atoms with E-state index in [0.29, 0.717) is 27.7 Å². The number of rotatable bonds is 6. The molecule has 2 aromatic carbocycles. The minimum absolute atomic E-state index is 0.0127. The number of ether oxygens (including phenoxy) is 1. The molecular formula is C23H19F3N6O2S. The summed E-state index contributed by atoms with van der Waals surface area (Å²) in [4.78, 5) is 29.9. The quantitative estimate of drug-likeness (QED) is 0.265. The van der Waals surface area contributed by atoms with Gasteiger partial charge >= 0.3 is 6.18 Å². The third-order valence-corrected chi connectivity index (χ3v) is 5.62. The Labute approximate surface area is 202 Å². The Hall–Kier alpha value is -3.93. The summed E-state index contributed by atoms with van der Waals surface area (Å²) in [5, 5.41) is 6.23. The number of hydrogen-bond acceptors (Lipinski definition) is 8. The van der Waals surface area contributed by atoms with Crippen LogP contribution < -0.4 is 15.4 Å². The largest absolute Gasteiger partial charge is 0.496 e. The van der Waals surface area contributed by atoms with Crippen molar-refractivity contribution < 1.29 is 22.7 Å². The zero-order valence-corrected chi connectivity index (χ0v) is 19.6. The maximum Gasteiger partial charge on any atom is 0.420 e. The van der Waals surface area contributed by atoms with Gasteiger partial charge in [-0.05, 0) is 49.1 Å². The van der Waals surface area contributed by atoms with Crippen molar-refractivity contribution in [2.75, 3.05) is 24.0 Å². The van der Waals surface area contributed by atoms with E-state index in [2.05, 4.69) is 30.6 Å². The van der Waals surface area contributed by atoms with Crippen LogP contribution in [0.5, 0.6) is 5.75 Å². The van der Waals surface area contributed by atoms with Crippen molar-refractivity contribution >= 4 is 45.9 Å². The van der Waals surface area contributed by atoms with Gasteiger partial charge in [0, 0.05) is 16.9 Å². The van der Waals surface area contributed by atoms with E-state index in [1.807, 2.05) is 13.2 Å². The van der Waals surface area contributed by atoms with Gasteiger partial charge in [0.15, 0.2) is 11.0 Å². The second-order valence-electron chi connectivity index (χ2n) is 7.33. The van der Waals surface area contributed by atoms with Gasteiger partial charge in [0.1, 0.15) is 23.1 Å². The highest BCUT2D eigenvalue weighted by molar-refractivity contribution is 7.98. The van der Waals surface area contributed by atoms with Crippen LogP contribution in [-0.2, 0) is 6.18 Å². The van der Waals surface area contributed by atoms with Crippen LogP contribution in [0.3, 0.4) is 0 Å². The fraction of sp³-hybridized carbons (Fsp3) is 0.174. The molecule has 8 nitrogen and oxygen atoms in total. The highest BCUT2D eigenvalue weighted by Crippen LogP contribution is 2.38. The summed E-state index contributed by atoms with van der Waals surface area (Å²) in [7, 11) is 1.15. The molecule has 0 unspecified atom stereocenters. The number of anilines is 3. The second kappa shape index (κ2) is 9.74. The lowest BCUT2D eigenvalue weighted by atomic mass is 10.1. The summed E-state index contributed by atoms with van der Waals surface area (Å²) in [5.74, 6) is -0.480. The predicted molar refractivity (Wildman–Crippen MR) is 127 cm³/mol. The monoisotopic (exact) mass is 500 g/mol. The fourth-order valence-electron chi connectivity index (χ4n) is 3.26. The molecule has 0 saturated carbocycles. The van der Waals surface area contributed by atoms with Crippen molar-refractivity contribution in [2.45, 2.75) is 18.3 Å². The standard InChI is InChI=1S/C23H19F3N6O2S/c1-12-4-5-13(21(33)30-14-6-7-18(34-2)15(9-14)23(24,25)26)8-16(12)31-20-19-17(28-11-29-20)10-27-22(32-19)35-3/h4-11H,1-3H3,(H,30,33)(H,28,29,31). The first-order chi connectivity index (χ1) is 16.7. The molecule has 4 rings (SSSR count). The van der Waals surface area contributed by atoms with Crippen LogP contribution in [0, 0.1) is 6.92 Å². The molecule has 0 aliphatic heterocycles. The number of carbonyl (C=O) groups excluding carboxylic acids is 1. The molecule has 0 saturated heterocycles. The number of thioether (sulfide) groups is 1. The topological polar surface area (TPSA) is 102 Å². The lowest BCUT2D eigenvalue weighted by Gasteiger charge is -2.15. The van der Waals surface area contributed by atoms with Crippen LogP contribution in [0.15, 0.2) is 54.1 Å². The molecule has 0 atom stereocenters. The predicted octanol–water partition coefficient (Wildman–Crippen LogP) is 5.47. The Morgan fingerprint density at radius 1 is 1.09 bits per heavy atom. The molecule has 0 aliphatic rings. The SMILES string of the molecule is COc1ccc(NC(=O)c2ccc(C)c(Nc3ncnc4cnc(SC)nc34)c2)cc1C(F)(F)F. The number of methoxy groups -OCH3 is 1. The zero-order chi connectivity index (χ0) is 25.2. The van der Waals surface area contributed by atoms with Crippen LogP contribution in [0.25, 0.3) is 11.0 Å². The molecule has 12 heteroatoms. The van der Waals surface area contributed by atoms with Gasteiger partial charge in [-0.2, -0.15) is 13.2 Å². The van der Waals surface area contributed by atoms with Gasteiger partial charge in [0.25, 0.3) is 5.91 Å². The number of nitrogens with zero attached hydrogens (tertiary/aromatic N) is 4. The number of carbonyl (C=O) groups is 1. The van der Waals surface area contributed by atoms with Crippen molar-refractivity contribution in [2.24, 2.45) is 0 Å². The van der Waals surface area contributed by atoms with Crippen LogP contribution >= 0.6 is 11.8 Å². The van der Waals surface area contributed by atoms with Gasteiger partial charge < -0.3 is 15.4 Å². The lowest BCUT2D eigenvalue weighted by molar-refractivity contribution is -0.138. The first-order valence-electron chi connectivity index (χ1n) is 10.2. The first-order valence-corrected chi connectivity index (χ1v) is 11.4. The minimum atomic E-state index is -4.63. The van der Waals surface area contributed by atoms with E-state index in [1.165, 1.54) is 24.2 Å². The van der Waals surface area contributed by atoms with E-state index in [4.69, 9.17) is 4.74 Å². The van der Waals surface area contributed by atoms with Crippen LogP contribution in [0.1, 0.15) is 21.5 Å². The Morgan fingerprint density at radius 3 is 2.60 bits per heavy atom. The van der Waals surface area contributed by atoms with Gasteiger partial charge in [-0.1, -0.05) is 17.8 Å². The Balaban J connectivity index is 1.62. The van der Waals surface area contributed by atoms with Gasteiger partial charge in [-0.25, -0.2) is 19.9 Å². The first kappa shape index (κ1) is 24.2. The number of aryl methyl sites for hydroxylation is 1. The summed E-state index contributed by atoms with van der Waals surface area (Å²) in [5.41, 5.74) is 1.70. The smallest absolute Gasteiger partial charge is 0.420 e.